The number of methoxy groups -OCH3 is 1. The van der Waals surface area contributed by atoms with Gasteiger partial charge >= 0.3 is 0 Å². The number of aryl methyl sites for hydroxylation is 1. The highest BCUT2D eigenvalue weighted by Gasteiger charge is 2.22. The van der Waals surface area contributed by atoms with E-state index in [-0.39, 0.29) is 0 Å². The second-order valence-electron chi connectivity index (χ2n) is 5.06. The fourth-order valence-electron chi connectivity index (χ4n) is 2.52. The van der Waals surface area contributed by atoms with Crippen LogP contribution in [-0.4, -0.2) is 23.2 Å². The predicted molar refractivity (Wildman–Crippen MR) is 84.6 cm³/mol. The van der Waals surface area contributed by atoms with Crippen LogP contribution in [0, 0.1) is 0 Å². The predicted octanol–water partition coefficient (Wildman–Crippen LogP) is 3.25. The molecule has 0 N–H and O–H groups in total. The maximum atomic E-state index is 12.6. The number of hydrogen-bond donors (Lipinski definition) is 0. The Morgan fingerprint density at radius 3 is 2.41 bits per heavy atom. The third-order valence-electron chi connectivity index (χ3n) is 3.68. The van der Waals surface area contributed by atoms with Gasteiger partial charge in [-0.2, -0.15) is 0 Å². The summed E-state index contributed by atoms with van der Waals surface area (Å²) >= 11 is 0. The molecule has 0 saturated carbocycles. The number of carbonyl (C=O) groups is 2. The van der Waals surface area contributed by atoms with Crippen molar-refractivity contribution in [1.82, 2.24) is 4.57 Å². The second-order valence-corrected chi connectivity index (χ2v) is 5.06. The largest absolute Gasteiger partial charge is 0.497 e. The highest BCUT2D eigenvalue weighted by Crippen LogP contribution is 2.26. The Kier molecular flexibility index (Phi) is 3.51. The van der Waals surface area contributed by atoms with E-state index < -0.39 is 11.6 Å². The van der Waals surface area contributed by atoms with Crippen molar-refractivity contribution in [2.24, 2.45) is 7.05 Å². The molecule has 22 heavy (non-hydrogen) atoms. The highest BCUT2D eigenvalue weighted by molar-refractivity contribution is 6.50. The van der Waals surface area contributed by atoms with Crippen molar-refractivity contribution in [2.45, 2.75) is 0 Å². The Morgan fingerprint density at radius 2 is 1.73 bits per heavy atom. The van der Waals surface area contributed by atoms with Gasteiger partial charge in [-0.3, -0.25) is 9.59 Å². The lowest BCUT2D eigenvalue weighted by Gasteiger charge is -2.02. The third kappa shape index (κ3) is 2.29. The van der Waals surface area contributed by atoms with Gasteiger partial charge < -0.3 is 9.30 Å². The number of fused-ring (bicyclic) bond motifs is 1. The maximum Gasteiger partial charge on any atom is 0.235 e. The van der Waals surface area contributed by atoms with Gasteiger partial charge in [-0.15, -0.1) is 0 Å². The van der Waals surface area contributed by atoms with E-state index in [1.807, 2.05) is 29.8 Å². The number of hydrogen-bond acceptors (Lipinski definition) is 3. The summed E-state index contributed by atoms with van der Waals surface area (Å²) in [6.07, 6.45) is 1.69. The summed E-state index contributed by atoms with van der Waals surface area (Å²) in [5.41, 5.74) is 1.67. The highest BCUT2D eigenvalue weighted by atomic mass is 16.5. The van der Waals surface area contributed by atoms with Crippen molar-refractivity contribution in [3.63, 3.8) is 0 Å². The van der Waals surface area contributed by atoms with E-state index in [1.165, 1.54) is 0 Å². The molecule has 0 aliphatic carbocycles. The fraction of sp³-hybridized carbons (Fsp3) is 0.111. The van der Waals surface area contributed by atoms with E-state index in [2.05, 4.69) is 0 Å². The van der Waals surface area contributed by atoms with Gasteiger partial charge in [-0.05, 0) is 18.2 Å². The van der Waals surface area contributed by atoms with E-state index in [0.29, 0.717) is 16.9 Å². The Bertz CT molecular complexity index is 863. The lowest BCUT2D eigenvalue weighted by atomic mass is 10.0. The molecule has 4 heteroatoms. The second kappa shape index (κ2) is 5.48. The molecule has 0 radical (unpaired) electrons. The molecule has 3 rings (SSSR count). The minimum absolute atomic E-state index is 0.394. The van der Waals surface area contributed by atoms with E-state index in [9.17, 15) is 9.59 Å². The number of aromatic nitrogens is 1. The summed E-state index contributed by atoms with van der Waals surface area (Å²) in [5.74, 6) is -0.360. The molecular formula is C18H15NO3. The molecule has 0 fully saturated rings. The zero-order chi connectivity index (χ0) is 15.7. The number of Topliss-reactive ketones (excluding diaryl/α,β-unsaturated/α-hetero) is 2. The van der Waals surface area contributed by atoms with Crippen LogP contribution in [0.25, 0.3) is 10.9 Å². The van der Waals surface area contributed by atoms with Crippen molar-refractivity contribution in [1.29, 1.82) is 0 Å². The summed E-state index contributed by atoms with van der Waals surface area (Å²) in [6.45, 7) is 0. The molecule has 110 valence electrons. The fourth-order valence-corrected chi connectivity index (χ4v) is 2.52. The van der Waals surface area contributed by atoms with Gasteiger partial charge in [0.15, 0.2) is 0 Å². The summed E-state index contributed by atoms with van der Waals surface area (Å²) in [5, 5.41) is 0.719. The molecule has 0 unspecified atom stereocenters. The summed E-state index contributed by atoms with van der Waals surface area (Å²) in [7, 11) is 3.42. The van der Waals surface area contributed by atoms with Crippen LogP contribution in [0.3, 0.4) is 0 Å². The molecule has 0 saturated heterocycles. The third-order valence-corrected chi connectivity index (χ3v) is 3.68. The van der Waals surface area contributed by atoms with Crippen LogP contribution in [0.1, 0.15) is 20.7 Å². The molecule has 4 nitrogen and oxygen atoms in total. The van der Waals surface area contributed by atoms with Crippen LogP contribution in [0.4, 0.5) is 0 Å². The molecule has 0 spiro atoms. The summed E-state index contributed by atoms with van der Waals surface area (Å²) in [6, 6.07) is 14.1. The van der Waals surface area contributed by atoms with E-state index in [4.69, 9.17) is 4.74 Å². The molecule has 2 aromatic carbocycles. The molecule has 0 aliphatic rings. The Balaban J connectivity index is 2.09. The molecule has 0 bridgehead atoms. The van der Waals surface area contributed by atoms with Gasteiger partial charge in [0.1, 0.15) is 5.75 Å². The van der Waals surface area contributed by atoms with Gasteiger partial charge in [0.25, 0.3) is 0 Å². The first kappa shape index (κ1) is 14.1. The van der Waals surface area contributed by atoms with Crippen molar-refractivity contribution >= 4 is 22.5 Å². The molecule has 0 atom stereocenters. The Labute approximate surface area is 127 Å². The van der Waals surface area contributed by atoms with Gasteiger partial charge in [0.2, 0.25) is 11.6 Å². The average Bonchev–Trinajstić information content (AvgIpc) is 2.90. The molecule has 1 aromatic heterocycles. The number of nitrogens with zero attached hydrogens (tertiary/aromatic N) is 1. The SMILES string of the molecule is COc1ccc2c(c1)c(C(=O)C(=O)c1ccccc1)cn2C. The smallest absolute Gasteiger partial charge is 0.235 e. The zero-order valence-electron chi connectivity index (χ0n) is 12.4. The standard InChI is InChI=1S/C18H15NO3/c1-19-11-15(14-10-13(22-2)8-9-16(14)19)18(21)17(20)12-6-4-3-5-7-12/h3-11H,1-2H3. The van der Waals surface area contributed by atoms with Gasteiger partial charge in [0.05, 0.1) is 12.7 Å². The number of benzene rings is 2. The van der Waals surface area contributed by atoms with Crippen LogP contribution >= 0.6 is 0 Å². The number of carbonyl (C=O) groups excluding carboxylic acids is 2. The molecule has 1 heterocycles. The minimum Gasteiger partial charge on any atom is -0.497 e. The van der Waals surface area contributed by atoms with Crippen molar-refractivity contribution in [3.05, 3.63) is 65.9 Å². The molecule has 0 amide bonds. The quantitative estimate of drug-likeness (QED) is 0.548. The number of ketones is 2. The van der Waals surface area contributed by atoms with Crippen LogP contribution < -0.4 is 4.74 Å². The molecule has 0 aliphatic heterocycles. The lowest BCUT2D eigenvalue weighted by molar-refractivity contribution is 0.0818. The molecular weight excluding hydrogens is 278 g/mol. The average molecular weight is 293 g/mol. The van der Waals surface area contributed by atoms with E-state index in [1.54, 1.807) is 43.6 Å². The normalized spacial score (nSPS) is 10.6. The maximum absolute atomic E-state index is 12.6. The minimum atomic E-state index is -0.509. The number of rotatable bonds is 4. The number of ether oxygens (including phenoxy) is 1. The lowest BCUT2D eigenvalue weighted by Crippen LogP contribution is -2.14. The van der Waals surface area contributed by atoms with Crippen molar-refractivity contribution < 1.29 is 14.3 Å². The van der Waals surface area contributed by atoms with Crippen LogP contribution in [0.15, 0.2) is 54.7 Å². The van der Waals surface area contributed by atoms with Crippen LogP contribution in [-0.2, 0) is 7.05 Å². The van der Waals surface area contributed by atoms with Crippen molar-refractivity contribution in [2.75, 3.05) is 7.11 Å². The molecule has 3 aromatic rings. The van der Waals surface area contributed by atoms with Crippen LogP contribution in [0.2, 0.25) is 0 Å². The van der Waals surface area contributed by atoms with E-state index >= 15 is 0 Å². The van der Waals surface area contributed by atoms with Crippen molar-refractivity contribution in [3.8, 4) is 5.75 Å². The Morgan fingerprint density at radius 1 is 1.00 bits per heavy atom. The topological polar surface area (TPSA) is 48.3 Å². The van der Waals surface area contributed by atoms with Gasteiger partial charge in [-0.1, -0.05) is 30.3 Å². The monoisotopic (exact) mass is 293 g/mol. The summed E-state index contributed by atoms with van der Waals surface area (Å²) in [4.78, 5) is 24.9. The zero-order valence-corrected chi connectivity index (χ0v) is 12.4. The first-order valence-electron chi connectivity index (χ1n) is 6.89. The first-order valence-corrected chi connectivity index (χ1v) is 6.89. The van der Waals surface area contributed by atoms with Crippen LogP contribution in [0.5, 0.6) is 5.75 Å². The van der Waals surface area contributed by atoms with E-state index in [0.717, 1.165) is 10.9 Å². The Hall–Kier alpha value is -2.88. The first-order chi connectivity index (χ1) is 10.6. The van der Waals surface area contributed by atoms with Gasteiger partial charge in [0, 0.05) is 29.7 Å². The van der Waals surface area contributed by atoms with Gasteiger partial charge in [-0.25, -0.2) is 0 Å². The summed E-state index contributed by atoms with van der Waals surface area (Å²) < 4.78 is 7.04.